The maximum Gasteiger partial charge on any atom is 0.0222 e. The van der Waals surface area contributed by atoms with Crippen molar-refractivity contribution < 1.29 is 0 Å². The Morgan fingerprint density at radius 3 is 1.92 bits per heavy atom. The van der Waals surface area contributed by atoms with E-state index in [1.165, 1.54) is 12.8 Å². The van der Waals surface area contributed by atoms with E-state index in [2.05, 4.69) is 45.1 Å². The van der Waals surface area contributed by atoms with Crippen LogP contribution in [0.15, 0.2) is 0 Å². The van der Waals surface area contributed by atoms with Gasteiger partial charge in [0.1, 0.15) is 0 Å². The molecule has 13 heavy (non-hydrogen) atoms. The fourth-order valence-corrected chi connectivity index (χ4v) is 1.89. The molecule has 0 heterocycles. The Bertz CT molecular complexity index is 109. The summed E-state index contributed by atoms with van der Waals surface area (Å²) in [5.41, 5.74) is 0. The number of likely N-dealkylation sites (N-methyl/N-ethyl adjacent to an activating group) is 2. The van der Waals surface area contributed by atoms with Crippen molar-refractivity contribution in [3.05, 3.63) is 0 Å². The quantitative estimate of drug-likeness (QED) is 0.654. The lowest BCUT2D eigenvalue weighted by Gasteiger charge is -2.28. The van der Waals surface area contributed by atoms with Crippen LogP contribution in [0.4, 0.5) is 0 Å². The summed E-state index contributed by atoms with van der Waals surface area (Å²) in [6.45, 7) is 8.99. The number of hydrogen-bond donors (Lipinski definition) is 1. The van der Waals surface area contributed by atoms with Gasteiger partial charge in [-0.25, -0.2) is 0 Å². The molecule has 0 aromatic rings. The fraction of sp³-hybridized carbons (Fsp3) is 1.00. The summed E-state index contributed by atoms with van der Waals surface area (Å²) in [6.07, 6.45) is 2.56. The summed E-state index contributed by atoms with van der Waals surface area (Å²) in [6, 6.07) is 0.662. The van der Waals surface area contributed by atoms with Gasteiger partial charge in [-0.3, -0.25) is 0 Å². The van der Waals surface area contributed by atoms with Crippen LogP contribution in [0.1, 0.15) is 33.6 Å². The first kappa shape index (κ1) is 12.9. The molecule has 0 aliphatic heterocycles. The number of rotatable bonds is 7. The Hall–Kier alpha value is -0.0800. The summed E-state index contributed by atoms with van der Waals surface area (Å²) >= 11 is 0. The van der Waals surface area contributed by atoms with Crippen molar-refractivity contribution in [2.45, 2.75) is 39.7 Å². The molecule has 0 bridgehead atoms. The predicted octanol–water partition coefficient (Wildman–Crippen LogP) is 1.96. The lowest BCUT2D eigenvalue weighted by Crippen LogP contribution is -2.43. The molecule has 0 rings (SSSR count). The van der Waals surface area contributed by atoms with Crippen LogP contribution in [0.2, 0.25) is 0 Å². The third-order valence-corrected chi connectivity index (χ3v) is 2.65. The second kappa shape index (κ2) is 7.34. The molecule has 0 aromatic heterocycles. The minimum absolute atomic E-state index is 0.662. The third-order valence-electron chi connectivity index (χ3n) is 2.65. The molecule has 0 saturated carbocycles. The van der Waals surface area contributed by atoms with Gasteiger partial charge in [-0.1, -0.05) is 33.6 Å². The maximum atomic E-state index is 3.57. The zero-order valence-electron chi connectivity index (χ0n) is 9.93. The monoisotopic (exact) mass is 186 g/mol. The van der Waals surface area contributed by atoms with Crippen LogP contribution in [0.5, 0.6) is 0 Å². The highest BCUT2D eigenvalue weighted by molar-refractivity contribution is 4.76. The second-order valence-corrected chi connectivity index (χ2v) is 4.00. The van der Waals surface area contributed by atoms with Gasteiger partial charge >= 0.3 is 0 Å². The van der Waals surface area contributed by atoms with Crippen molar-refractivity contribution in [3.63, 3.8) is 0 Å². The Labute approximate surface area is 83.7 Å². The molecule has 1 N–H and O–H groups in total. The van der Waals surface area contributed by atoms with Crippen LogP contribution < -0.4 is 5.32 Å². The van der Waals surface area contributed by atoms with Gasteiger partial charge in [-0.05, 0) is 26.6 Å². The van der Waals surface area contributed by atoms with Crippen LogP contribution in [-0.4, -0.2) is 38.1 Å². The van der Waals surface area contributed by atoms with E-state index in [1.54, 1.807) is 0 Å². The second-order valence-electron chi connectivity index (χ2n) is 4.00. The van der Waals surface area contributed by atoms with E-state index >= 15 is 0 Å². The molecule has 2 nitrogen and oxygen atoms in total. The highest BCUT2D eigenvalue weighted by atomic mass is 15.1. The van der Waals surface area contributed by atoms with E-state index in [1.807, 2.05) is 0 Å². The fourth-order valence-electron chi connectivity index (χ4n) is 1.89. The lowest BCUT2D eigenvalue weighted by molar-refractivity contribution is 0.261. The molecule has 0 aromatic carbocycles. The number of nitrogens with one attached hydrogen (secondary N) is 1. The molecule has 0 radical (unpaired) electrons. The van der Waals surface area contributed by atoms with Gasteiger partial charge in [0.15, 0.2) is 0 Å². The first-order chi connectivity index (χ1) is 6.15. The molecule has 0 amide bonds. The SMILES string of the molecule is CCNC(CN(C)C)C(CC)CC. The molecule has 0 spiro atoms. The molecule has 0 aliphatic rings. The van der Waals surface area contributed by atoms with E-state index in [0.717, 1.165) is 19.0 Å². The van der Waals surface area contributed by atoms with Gasteiger partial charge in [0, 0.05) is 12.6 Å². The van der Waals surface area contributed by atoms with Crippen LogP contribution in [0, 0.1) is 5.92 Å². The minimum Gasteiger partial charge on any atom is -0.313 e. The Balaban J connectivity index is 4.03. The van der Waals surface area contributed by atoms with Gasteiger partial charge in [-0.2, -0.15) is 0 Å². The van der Waals surface area contributed by atoms with E-state index in [9.17, 15) is 0 Å². The first-order valence-electron chi connectivity index (χ1n) is 5.53. The molecular weight excluding hydrogens is 160 g/mol. The molecule has 0 aliphatic carbocycles. The summed E-state index contributed by atoms with van der Waals surface area (Å²) in [4.78, 5) is 2.27. The van der Waals surface area contributed by atoms with Crippen molar-refractivity contribution in [1.82, 2.24) is 10.2 Å². The number of hydrogen-bond acceptors (Lipinski definition) is 2. The van der Waals surface area contributed by atoms with Crippen LogP contribution in [0.25, 0.3) is 0 Å². The van der Waals surface area contributed by atoms with Gasteiger partial charge in [0.25, 0.3) is 0 Å². The van der Waals surface area contributed by atoms with E-state index in [4.69, 9.17) is 0 Å². The molecule has 1 atom stereocenters. The zero-order valence-corrected chi connectivity index (χ0v) is 9.93. The van der Waals surface area contributed by atoms with Crippen molar-refractivity contribution in [1.29, 1.82) is 0 Å². The molecule has 2 heteroatoms. The summed E-state index contributed by atoms with van der Waals surface area (Å²) in [5, 5.41) is 3.57. The molecule has 80 valence electrons. The molecule has 1 unspecified atom stereocenters. The zero-order chi connectivity index (χ0) is 10.3. The molecule has 0 saturated heterocycles. The largest absolute Gasteiger partial charge is 0.313 e. The maximum absolute atomic E-state index is 3.57. The van der Waals surface area contributed by atoms with E-state index < -0.39 is 0 Å². The lowest BCUT2D eigenvalue weighted by atomic mass is 9.94. The third kappa shape index (κ3) is 5.27. The molecule has 0 fully saturated rings. The highest BCUT2D eigenvalue weighted by Crippen LogP contribution is 2.13. The van der Waals surface area contributed by atoms with Crippen LogP contribution in [-0.2, 0) is 0 Å². The predicted molar refractivity (Wildman–Crippen MR) is 60.1 cm³/mol. The Morgan fingerprint density at radius 2 is 1.62 bits per heavy atom. The van der Waals surface area contributed by atoms with Gasteiger partial charge in [0.2, 0.25) is 0 Å². The average Bonchev–Trinajstić information content (AvgIpc) is 2.05. The van der Waals surface area contributed by atoms with E-state index in [-0.39, 0.29) is 0 Å². The highest BCUT2D eigenvalue weighted by Gasteiger charge is 2.17. The van der Waals surface area contributed by atoms with Crippen molar-refractivity contribution in [2.24, 2.45) is 5.92 Å². The smallest absolute Gasteiger partial charge is 0.0222 e. The van der Waals surface area contributed by atoms with Crippen molar-refractivity contribution >= 4 is 0 Å². The van der Waals surface area contributed by atoms with Gasteiger partial charge in [-0.15, -0.1) is 0 Å². The number of nitrogens with zero attached hydrogens (tertiary/aromatic N) is 1. The molecular formula is C11H26N2. The Kier molecular flexibility index (Phi) is 7.29. The summed E-state index contributed by atoms with van der Waals surface area (Å²) < 4.78 is 0. The standard InChI is InChI=1S/C11H26N2/c1-6-10(7-2)11(12-8-3)9-13(4)5/h10-12H,6-9H2,1-5H3. The topological polar surface area (TPSA) is 15.3 Å². The summed E-state index contributed by atoms with van der Waals surface area (Å²) in [5.74, 6) is 0.822. The summed E-state index contributed by atoms with van der Waals surface area (Å²) in [7, 11) is 4.29. The Morgan fingerprint density at radius 1 is 1.08 bits per heavy atom. The van der Waals surface area contributed by atoms with Crippen LogP contribution >= 0.6 is 0 Å². The first-order valence-corrected chi connectivity index (χ1v) is 5.53. The van der Waals surface area contributed by atoms with Crippen LogP contribution in [0.3, 0.4) is 0 Å². The van der Waals surface area contributed by atoms with Gasteiger partial charge in [0.05, 0.1) is 0 Å². The van der Waals surface area contributed by atoms with Crippen molar-refractivity contribution in [3.8, 4) is 0 Å². The van der Waals surface area contributed by atoms with Crippen molar-refractivity contribution in [2.75, 3.05) is 27.2 Å². The average molecular weight is 186 g/mol. The van der Waals surface area contributed by atoms with E-state index in [0.29, 0.717) is 6.04 Å². The minimum atomic E-state index is 0.662. The van der Waals surface area contributed by atoms with Gasteiger partial charge < -0.3 is 10.2 Å². The normalized spacial score (nSPS) is 14.1.